The van der Waals surface area contributed by atoms with Crippen molar-refractivity contribution in [3.63, 3.8) is 0 Å². The van der Waals surface area contributed by atoms with Gasteiger partial charge < -0.3 is 15.4 Å². The second-order valence-electron chi connectivity index (χ2n) is 6.45. The molecule has 0 aromatic heterocycles. The third kappa shape index (κ3) is 4.14. The lowest BCUT2D eigenvalue weighted by molar-refractivity contribution is 0.414. The van der Waals surface area contributed by atoms with Crippen molar-refractivity contribution in [1.29, 1.82) is 0 Å². The number of hydrogen-bond acceptors (Lipinski definition) is 3. The van der Waals surface area contributed by atoms with Crippen LogP contribution in [0.5, 0.6) is 5.75 Å². The molecule has 1 heterocycles. The van der Waals surface area contributed by atoms with E-state index in [0.717, 1.165) is 30.0 Å². The highest BCUT2D eigenvalue weighted by Gasteiger charge is 2.44. The summed E-state index contributed by atoms with van der Waals surface area (Å²) < 4.78 is 5.25. The highest BCUT2D eigenvalue weighted by molar-refractivity contribution is 8.00. The Bertz CT molecular complexity index is 534. The van der Waals surface area contributed by atoms with Gasteiger partial charge in [-0.25, -0.2) is 0 Å². The van der Waals surface area contributed by atoms with E-state index in [1.807, 2.05) is 7.05 Å². The maximum Gasteiger partial charge on any atom is 0.191 e. The number of thioether (sulfide) groups is 1. The number of hydrogen-bond donors (Lipinski definition) is 2. The fraction of sp³-hybridized carbons (Fsp3) is 0.611. The van der Waals surface area contributed by atoms with Crippen LogP contribution in [0.3, 0.4) is 0 Å². The van der Waals surface area contributed by atoms with Gasteiger partial charge in [0.05, 0.1) is 7.11 Å². The second kappa shape index (κ2) is 7.47. The Hall–Kier alpha value is -1.36. The Morgan fingerprint density at radius 1 is 1.30 bits per heavy atom. The van der Waals surface area contributed by atoms with E-state index in [0.29, 0.717) is 0 Å². The molecule has 5 heteroatoms. The van der Waals surface area contributed by atoms with E-state index in [4.69, 9.17) is 4.74 Å². The molecule has 4 nitrogen and oxygen atoms in total. The van der Waals surface area contributed by atoms with Crippen LogP contribution in [-0.2, 0) is 5.41 Å². The maximum atomic E-state index is 5.25. The molecule has 3 rings (SSSR count). The minimum absolute atomic E-state index is 0.270. The predicted molar refractivity (Wildman–Crippen MR) is 98.8 cm³/mol. The van der Waals surface area contributed by atoms with Crippen LogP contribution in [0.25, 0.3) is 0 Å². The number of nitrogens with one attached hydrogen (secondary N) is 2. The number of benzene rings is 1. The van der Waals surface area contributed by atoms with Crippen LogP contribution in [0, 0.1) is 0 Å². The molecule has 1 aliphatic heterocycles. The molecule has 0 amide bonds. The number of rotatable bonds is 6. The lowest BCUT2D eigenvalue weighted by Gasteiger charge is -2.20. The van der Waals surface area contributed by atoms with Crippen molar-refractivity contribution in [1.82, 2.24) is 10.6 Å². The lowest BCUT2D eigenvalue weighted by Crippen LogP contribution is -2.43. The molecule has 1 aliphatic carbocycles. The summed E-state index contributed by atoms with van der Waals surface area (Å²) in [6.45, 7) is 1.96. The van der Waals surface area contributed by atoms with Gasteiger partial charge in [-0.2, -0.15) is 11.8 Å². The van der Waals surface area contributed by atoms with Gasteiger partial charge in [-0.15, -0.1) is 0 Å². The fourth-order valence-electron chi connectivity index (χ4n) is 3.15. The first-order chi connectivity index (χ1) is 11.3. The summed E-state index contributed by atoms with van der Waals surface area (Å²) in [7, 11) is 3.56. The number of aliphatic imine (C=N–C) groups is 1. The van der Waals surface area contributed by atoms with E-state index < -0.39 is 0 Å². The van der Waals surface area contributed by atoms with Gasteiger partial charge in [0.15, 0.2) is 5.96 Å². The van der Waals surface area contributed by atoms with Gasteiger partial charge in [0.2, 0.25) is 0 Å². The summed E-state index contributed by atoms with van der Waals surface area (Å²) >= 11 is 2.07. The molecule has 2 fully saturated rings. The Morgan fingerprint density at radius 2 is 2.09 bits per heavy atom. The monoisotopic (exact) mass is 333 g/mol. The predicted octanol–water partition coefficient (Wildman–Crippen LogP) is 2.79. The second-order valence-corrected chi connectivity index (χ2v) is 7.86. The van der Waals surface area contributed by atoms with Crippen LogP contribution in [0.15, 0.2) is 29.3 Å². The van der Waals surface area contributed by atoms with Crippen LogP contribution in [-0.4, -0.2) is 44.2 Å². The Balaban J connectivity index is 1.51. The molecule has 0 radical (unpaired) electrons. The average Bonchev–Trinajstić information content (AvgIpc) is 3.21. The maximum absolute atomic E-state index is 5.25. The minimum atomic E-state index is 0.270. The van der Waals surface area contributed by atoms with Crippen LogP contribution >= 0.6 is 11.8 Å². The minimum Gasteiger partial charge on any atom is -0.497 e. The highest BCUT2D eigenvalue weighted by Crippen LogP contribution is 2.47. The van der Waals surface area contributed by atoms with Gasteiger partial charge in [-0.1, -0.05) is 12.1 Å². The van der Waals surface area contributed by atoms with E-state index in [1.54, 1.807) is 7.11 Å². The van der Waals surface area contributed by atoms with Crippen molar-refractivity contribution in [2.75, 3.05) is 33.0 Å². The van der Waals surface area contributed by atoms with E-state index in [1.165, 1.54) is 37.0 Å². The molecular weight excluding hydrogens is 306 g/mol. The third-order valence-corrected chi connectivity index (χ3v) is 6.29. The Labute approximate surface area is 143 Å². The van der Waals surface area contributed by atoms with Gasteiger partial charge in [0, 0.05) is 30.8 Å². The van der Waals surface area contributed by atoms with Gasteiger partial charge >= 0.3 is 0 Å². The molecule has 1 atom stereocenters. The highest BCUT2D eigenvalue weighted by atomic mass is 32.2. The average molecular weight is 334 g/mol. The Kier molecular flexibility index (Phi) is 5.36. The molecule has 1 aromatic carbocycles. The zero-order valence-electron chi connectivity index (χ0n) is 14.1. The van der Waals surface area contributed by atoms with Crippen LogP contribution in [0.2, 0.25) is 0 Å². The van der Waals surface area contributed by atoms with E-state index in [9.17, 15) is 0 Å². The van der Waals surface area contributed by atoms with Crippen molar-refractivity contribution in [3.05, 3.63) is 29.8 Å². The normalized spacial score (nSPS) is 22.7. The molecule has 1 aromatic rings. The van der Waals surface area contributed by atoms with Crippen molar-refractivity contribution < 1.29 is 4.74 Å². The summed E-state index contributed by atoms with van der Waals surface area (Å²) in [6.07, 6.45) is 5.15. The molecule has 2 aliphatic rings. The summed E-state index contributed by atoms with van der Waals surface area (Å²) in [5.74, 6) is 3.15. The van der Waals surface area contributed by atoms with Crippen molar-refractivity contribution in [2.45, 2.75) is 36.3 Å². The summed E-state index contributed by atoms with van der Waals surface area (Å²) in [5, 5.41) is 7.74. The first-order valence-corrected chi connectivity index (χ1v) is 9.51. The summed E-state index contributed by atoms with van der Waals surface area (Å²) in [6, 6.07) is 8.50. The molecule has 0 bridgehead atoms. The fourth-order valence-corrected chi connectivity index (χ4v) is 4.35. The number of nitrogens with zero attached hydrogens (tertiary/aromatic N) is 1. The van der Waals surface area contributed by atoms with Crippen molar-refractivity contribution >= 4 is 17.7 Å². The van der Waals surface area contributed by atoms with Crippen LogP contribution in [0.1, 0.15) is 31.2 Å². The largest absolute Gasteiger partial charge is 0.497 e. The molecule has 2 N–H and O–H groups in total. The van der Waals surface area contributed by atoms with Gasteiger partial charge in [-0.05, 0) is 49.1 Å². The van der Waals surface area contributed by atoms with Crippen LogP contribution in [0.4, 0.5) is 0 Å². The smallest absolute Gasteiger partial charge is 0.191 e. The molecule has 126 valence electrons. The van der Waals surface area contributed by atoms with Crippen molar-refractivity contribution in [3.8, 4) is 5.75 Å². The molecule has 1 unspecified atom stereocenters. The molecule has 23 heavy (non-hydrogen) atoms. The summed E-state index contributed by atoms with van der Waals surface area (Å²) in [4.78, 5) is 4.37. The van der Waals surface area contributed by atoms with E-state index >= 15 is 0 Å². The topological polar surface area (TPSA) is 45.7 Å². The van der Waals surface area contributed by atoms with Gasteiger partial charge in [0.25, 0.3) is 0 Å². The molecule has 0 spiro atoms. The molecule has 1 saturated heterocycles. The quantitative estimate of drug-likeness (QED) is 0.621. The first-order valence-electron chi connectivity index (χ1n) is 8.46. The van der Waals surface area contributed by atoms with Gasteiger partial charge in [0.1, 0.15) is 5.75 Å². The number of methoxy groups -OCH3 is 1. The number of guanidine groups is 1. The molecule has 1 saturated carbocycles. The zero-order valence-corrected chi connectivity index (χ0v) is 14.9. The summed E-state index contributed by atoms with van der Waals surface area (Å²) in [5.41, 5.74) is 1.67. The van der Waals surface area contributed by atoms with Gasteiger partial charge in [-0.3, -0.25) is 4.99 Å². The standard InChI is InChI=1S/C18H27N3OS/c1-19-17(20-12-16-4-3-11-23-16)21-13-18(9-10-18)14-5-7-15(22-2)8-6-14/h5-8,16H,3-4,9-13H2,1-2H3,(H2,19,20,21). The van der Waals surface area contributed by atoms with Crippen molar-refractivity contribution in [2.24, 2.45) is 4.99 Å². The first kappa shape index (κ1) is 16.5. The lowest BCUT2D eigenvalue weighted by atomic mass is 9.96. The number of ether oxygens (including phenoxy) is 1. The molecular formula is C18H27N3OS. The SMILES string of the molecule is CN=C(NCC1CCCS1)NCC1(c2ccc(OC)cc2)CC1. The Morgan fingerprint density at radius 3 is 2.65 bits per heavy atom. The zero-order chi connectivity index (χ0) is 16.1. The van der Waals surface area contributed by atoms with E-state index in [2.05, 4.69) is 51.7 Å². The third-order valence-electron chi connectivity index (χ3n) is 4.89. The van der Waals surface area contributed by atoms with E-state index in [-0.39, 0.29) is 5.41 Å². The van der Waals surface area contributed by atoms with Crippen LogP contribution < -0.4 is 15.4 Å².